The molecule has 2 amide bonds. The van der Waals surface area contributed by atoms with Crippen LogP contribution in [0.25, 0.3) is 0 Å². The molecular formula is C19H19FN2O3. The third-order valence-electron chi connectivity index (χ3n) is 4.27. The van der Waals surface area contributed by atoms with Crippen LogP contribution >= 0.6 is 0 Å². The number of cyclic esters (lactones) is 1. The van der Waals surface area contributed by atoms with E-state index in [-0.39, 0.29) is 24.4 Å². The predicted molar refractivity (Wildman–Crippen MR) is 90.1 cm³/mol. The molecule has 2 aromatic rings. The van der Waals surface area contributed by atoms with Crippen molar-refractivity contribution in [3.63, 3.8) is 0 Å². The Morgan fingerprint density at radius 3 is 2.60 bits per heavy atom. The molecule has 2 atom stereocenters. The number of nitrogens with one attached hydrogen (secondary N) is 1. The number of hydrogen-bond donors (Lipinski definition) is 1. The Balaban J connectivity index is 1.67. The highest BCUT2D eigenvalue weighted by Gasteiger charge is 2.35. The van der Waals surface area contributed by atoms with Gasteiger partial charge in [-0.1, -0.05) is 42.5 Å². The van der Waals surface area contributed by atoms with Crippen molar-refractivity contribution in [1.82, 2.24) is 10.4 Å². The Morgan fingerprint density at radius 2 is 1.92 bits per heavy atom. The molecule has 3 rings (SSSR count). The lowest BCUT2D eigenvalue weighted by molar-refractivity contribution is -0.126. The third-order valence-corrected chi connectivity index (χ3v) is 4.27. The number of halogens is 1. The summed E-state index contributed by atoms with van der Waals surface area (Å²) >= 11 is 0. The fourth-order valence-electron chi connectivity index (χ4n) is 2.75. The maximum Gasteiger partial charge on any atom is 0.429 e. The number of nitrogens with zero attached hydrogens (tertiary/aromatic N) is 1. The van der Waals surface area contributed by atoms with Crippen LogP contribution in [0.4, 0.5) is 9.18 Å². The van der Waals surface area contributed by atoms with Crippen molar-refractivity contribution in [3.8, 4) is 0 Å². The molecule has 2 aromatic carbocycles. The minimum atomic E-state index is -0.569. The van der Waals surface area contributed by atoms with Gasteiger partial charge in [-0.2, -0.15) is 0 Å². The van der Waals surface area contributed by atoms with Crippen molar-refractivity contribution in [1.29, 1.82) is 0 Å². The van der Waals surface area contributed by atoms with Gasteiger partial charge in [-0.05, 0) is 36.6 Å². The van der Waals surface area contributed by atoms with Gasteiger partial charge in [-0.25, -0.2) is 14.2 Å². The van der Waals surface area contributed by atoms with Gasteiger partial charge in [0.25, 0.3) is 0 Å². The van der Waals surface area contributed by atoms with Gasteiger partial charge >= 0.3 is 6.09 Å². The van der Waals surface area contributed by atoms with E-state index in [0.717, 1.165) is 5.56 Å². The van der Waals surface area contributed by atoms with Crippen molar-refractivity contribution in [3.05, 3.63) is 71.5 Å². The summed E-state index contributed by atoms with van der Waals surface area (Å²) in [5.74, 6) is -1.22. The van der Waals surface area contributed by atoms with Crippen molar-refractivity contribution < 1.29 is 18.7 Å². The minimum Gasteiger partial charge on any atom is -0.446 e. The summed E-state index contributed by atoms with van der Waals surface area (Å²) in [6, 6.07) is 15.2. The molecule has 0 saturated carbocycles. The Hall–Kier alpha value is -2.89. The van der Waals surface area contributed by atoms with Gasteiger partial charge in [0.05, 0.1) is 12.0 Å². The standard InChI is InChI=1S/C19H19FN2O3/c1-13(15-7-9-16(20)10-8-15)18(23)21-22-17(12-25-19(22)24)11-14-5-3-2-4-6-14/h2-10,13,17H,11-12H2,1H3,(H,21,23)/t13-,17+/m1/s1. The van der Waals surface area contributed by atoms with Crippen molar-refractivity contribution in [2.45, 2.75) is 25.3 Å². The monoisotopic (exact) mass is 342 g/mol. The highest BCUT2D eigenvalue weighted by Crippen LogP contribution is 2.19. The summed E-state index contributed by atoms with van der Waals surface area (Å²) in [5.41, 5.74) is 4.36. The molecule has 0 aliphatic carbocycles. The first-order chi connectivity index (χ1) is 12.0. The van der Waals surface area contributed by atoms with Gasteiger partial charge in [-0.15, -0.1) is 0 Å². The number of carbonyl (C=O) groups excluding carboxylic acids is 2. The number of benzene rings is 2. The first-order valence-corrected chi connectivity index (χ1v) is 8.10. The van der Waals surface area contributed by atoms with E-state index < -0.39 is 12.0 Å². The highest BCUT2D eigenvalue weighted by molar-refractivity contribution is 5.85. The third kappa shape index (κ3) is 3.96. The maximum atomic E-state index is 13.0. The van der Waals surface area contributed by atoms with Gasteiger partial charge in [0.1, 0.15) is 12.4 Å². The van der Waals surface area contributed by atoms with Crippen LogP contribution in [-0.2, 0) is 16.0 Å². The molecule has 0 spiro atoms. The Bertz CT molecular complexity index is 749. The molecule has 130 valence electrons. The number of carbonyl (C=O) groups is 2. The number of rotatable bonds is 5. The lowest BCUT2D eigenvalue weighted by atomic mass is 10.0. The fraction of sp³-hybridized carbons (Fsp3) is 0.263. The normalized spacial score (nSPS) is 17.9. The van der Waals surface area contributed by atoms with E-state index in [1.165, 1.54) is 17.1 Å². The van der Waals surface area contributed by atoms with E-state index in [1.807, 2.05) is 30.3 Å². The van der Waals surface area contributed by atoms with Crippen molar-refractivity contribution >= 4 is 12.0 Å². The molecule has 1 N–H and O–H groups in total. The van der Waals surface area contributed by atoms with Gasteiger partial charge in [0.2, 0.25) is 5.91 Å². The zero-order chi connectivity index (χ0) is 17.8. The van der Waals surface area contributed by atoms with E-state index in [4.69, 9.17) is 4.74 Å². The molecule has 1 saturated heterocycles. The summed E-state index contributed by atoms with van der Waals surface area (Å²) in [7, 11) is 0. The molecular weight excluding hydrogens is 323 g/mol. The molecule has 1 heterocycles. The van der Waals surface area contributed by atoms with Crippen LogP contribution in [0, 0.1) is 5.82 Å². The molecule has 0 aromatic heterocycles. The molecule has 1 aliphatic heterocycles. The van der Waals surface area contributed by atoms with Crippen LogP contribution in [0.15, 0.2) is 54.6 Å². The molecule has 0 unspecified atom stereocenters. The largest absolute Gasteiger partial charge is 0.446 e. The summed E-state index contributed by atoms with van der Waals surface area (Å²) in [4.78, 5) is 24.4. The minimum absolute atomic E-state index is 0.221. The Kier molecular flexibility index (Phi) is 4.97. The van der Waals surface area contributed by atoms with E-state index >= 15 is 0 Å². The summed E-state index contributed by atoms with van der Waals surface area (Å²) in [6.45, 7) is 1.93. The fourth-order valence-corrected chi connectivity index (χ4v) is 2.75. The van der Waals surface area contributed by atoms with Gasteiger partial charge < -0.3 is 4.74 Å². The van der Waals surface area contributed by atoms with E-state index in [2.05, 4.69) is 5.43 Å². The second-order valence-corrected chi connectivity index (χ2v) is 6.04. The second kappa shape index (κ2) is 7.34. The Labute approximate surface area is 145 Å². The molecule has 1 fully saturated rings. The van der Waals surface area contributed by atoms with Gasteiger partial charge in [0, 0.05) is 0 Å². The number of hydrogen-bond acceptors (Lipinski definition) is 3. The van der Waals surface area contributed by atoms with E-state index in [0.29, 0.717) is 12.0 Å². The highest BCUT2D eigenvalue weighted by atomic mass is 19.1. The number of hydrazine groups is 1. The van der Waals surface area contributed by atoms with Crippen LogP contribution in [0.3, 0.4) is 0 Å². The predicted octanol–water partition coefficient (Wildman–Crippen LogP) is 3.02. The van der Waals surface area contributed by atoms with E-state index in [9.17, 15) is 14.0 Å². The lowest BCUT2D eigenvalue weighted by Gasteiger charge is -2.24. The first kappa shape index (κ1) is 17.0. The van der Waals surface area contributed by atoms with Crippen LogP contribution in [0.2, 0.25) is 0 Å². The zero-order valence-electron chi connectivity index (χ0n) is 13.8. The molecule has 1 aliphatic rings. The quantitative estimate of drug-likeness (QED) is 0.909. The van der Waals surface area contributed by atoms with E-state index in [1.54, 1.807) is 19.1 Å². The van der Waals surface area contributed by atoms with Gasteiger partial charge in [-0.3, -0.25) is 10.2 Å². The molecule has 0 radical (unpaired) electrons. The topological polar surface area (TPSA) is 58.6 Å². The van der Waals surface area contributed by atoms with Crippen LogP contribution in [0.1, 0.15) is 24.0 Å². The van der Waals surface area contributed by atoms with Crippen LogP contribution < -0.4 is 5.43 Å². The van der Waals surface area contributed by atoms with Crippen LogP contribution in [0.5, 0.6) is 0 Å². The molecule has 6 heteroatoms. The van der Waals surface area contributed by atoms with Crippen LogP contribution in [-0.4, -0.2) is 29.7 Å². The van der Waals surface area contributed by atoms with Crippen molar-refractivity contribution in [2.24, 2.45) is 0 Å². The van der Waals surface area contributed by atoms with Gasteiger partial charge in [0.15, 0.2) is 0 Å². The summed E-state index contributed by atoms with van der Waals surface area (Å²) < 4.78 is 18.1. The smallest absolute Gasteiger partial charge is 0.429 e. The maximum absolute atomic E-state index is 13.0. The Morgan fingerprint density at radius 1 is 1.24 bits per heavy atom. The number of ether oxygens (including phenoxy) is 1. The summed E-state index contributed by atoms with van der Waals surface area (Å²) in [5, 5.41) is 1.25. The lowest BCUT2D eigenvalue weighted by Crippen LogP contribution is -2.49. The molecule has 25 heavy (non-hydrogen) atoms. The SMILES string of the molecule is C[C@@H](C(=O)NN1C(=O)OC[C@@H]1Cc1ccccc1)c1ccc(F)cc1. The average molecular weight is 342 g/mol. The first-order valence-electron chi connectivity index (χ1n) is 8.10. The number of amides is 2. The van der Waals surface area contributed by atoms with Crippen molar-refractivity contribution in [2.75, 3.05) is 6.61 Å². The zero-order valence-corrected chi connectivity index (χ0v) is 13.8. The molecule has 5 nitrogen and oxygen atoms in total. The average Bonchev–Trinajstić information content (AvgIpc) is 2.96. The second-order valence-electron chi connectivity index (χ2n) is 6.04. The molecule has 0 bridgehead atoms. The summed E-state index contributed by atoms with van der Waals surface area (Å²) in [6.07, 6.45) is 0.0122.